The zero-order chi connectivity index (χ0) is 16.8. The molecule has 0 spiro atoms. The maximum Gasteiger partial charge on any atom is 0.424 e. The molecule has 3 N–H and O–H groups in total. The van der Waals surface area contributed by atoms with E-state index < -0.39 is 30.1 Å². The van der Waals surface area contributed by atoms with Crippen LogP contribution in [0.3, 0.4) is 0 Å². The number of nitrogens with one attached hydrogen (secondary N) is 2. The highest BCUT2D eigenvalue weighted by atomic mass is 19.4. The summed E-state index contributed by atoms with van der Waals surface area (Å²) < 4.78 is 40.7. The van der Waals surface area contributed by atoms with Crippen LogP contribution in [-0.2, 0) is 12.6 Å². The lowest BCUT2D eigenvalue weighted by Crippen LogP contribution is -2.47. The minimum absolute atomic E-state index is 0.333. The number of imidazole rings is 1. The summed E-state index contributed by atoms with van der Waals surface area (Å²) in [5.41, 5.74) is -3.11. The molecule has 0 radical (unpaired) electrons. The van der Waals surface area contributed by atoms with Gasteiger partial charge in [-0.15, -0.1) is 0 Å². The number of aryl methyl sites for hydroxylation is 1. The number of halogens is 3. The van der Waals surface area contributed by atoms with Gasteiger partial charge in [0.1, 0.15) is 5.82 Å². The second kappa shape index (κ2) is 7.48. The smallest absolute Gasteiger partial charge is 0.374 e. The van der Waals surface area contributed by atoms with Gasteiger partial charge in [-0.1, -0.05) is 13.3 Å². The summed E-state index contributed by atoms with van der Waals surface area (Å²) in [4.78, 5) is 15.0. The normalized spacial score (nSPS) is 14.5. The maximum atomic E-state index is 13.2. The van der Waals surface area contributed by atoms with Gasteiger partial charge in [-0.3, -0.25) is 0 Å². The van der Waals surface area contributed by atoms with Gasteiger partial charge in [0.2, 0.25) is 5.60 Å². The third-order valence-electron chi connectivity index (χ3n) is 3.25. The molecular formula is C13H21F3N4O2. The van der Waals surface area contributed by atoms with Gasteiger partial charge < -0.3 is 20.3 Å². The first-order chi connectivity index (χ1) is 10.2. The van der Waals surface area contributed by atoms with E-state index in [-0.39, 0.29) is 6.54 Å². The van der Waals surface area contributed by atoms with Crippen LogP contribution in [0.25, 0.3) is 0 Å². The Morgan fingerprint density at radius 1 is 1.36 bits per heavy atom. The number of urea groups is 1. The van der Waals surface area contributed by atoms with Crippen LogP contribution < -0.4 is 10.6 Å². The molecule has 0 aliphatic heterocycles. The Kier molecular flexibility index (Phi) is 6.21. The number of aliphatic hydroxyl groups is 1. The third-order valence-corrected chi connectivity index (χ3v) is 3.25. The molecule has 0 aromatic carbocycles. The highest BCUT2D eigenvalue weighted by molar-refractivity contribution is 5.73. The zero-order valence-electron chi connectivity index (χ0n) is 12.6. The van der Waals surface area contributed by atoms with E-state index >= 15 is 0 Å². The summed E-state index contributed by atoms with van der Waals surface area (Å²) in [6.07, 6.45) is -1.44. The van der Waals surface area contributed by atoms with Crippen LogP contribution in [0.5, 0.6) is 0 Å². The number of carbonyl (C=O) groups is 1. The average molecular weight is 322 g/mol. The molecule has 1 atom stereocenters. The lowest BCUT2D eigenvalue weighted by molar-refractivity contribution is -0.272. The second-order valence-electron chi connectivity index (χ2n) is 5.01. The Bertz CT molecular complexity index is 490. The van der Waals surface area contributed by atoms with Gasteiger partial charge in [0, 0.05) is 39.0 Å². The number of alkyl halides is 3. The number of rotatable bonds is 7. The molecule has 1 aromatic rings. The third kappa shape index (κ3) is 4.36. The molecule has 0 saturated heterocycles. The van der Waals surface area contributed by atoms with Crippen molar-refractivity contribution in [2.45, 2.75) is 38.0 Å². The predicted molar refractivity (Wildman–Crippen MR) is 74.1 cm³/mol. The maximum absolute atomic E-state index is 13.2. The molecule has 6 nitrogen and oxygen atoms in total. The molecule has 22 heavy (non-hydrogen) atoms. The Morgan fingerprint density at radius 2 is 2.00 bits per heavy atom. The molecule has 1 aromatic heterocycles. The fourth-order valence-corrected chi connectivity index (χ4v) is 1.94. The minimum atomic E-state index is -4.90. The molecule has 0 aliphatic rings. The van der Waals surface area contributed by atoms with Gasteiger partial charge in [0.15, 0.2) is 0 Å². The first-order valence-electron chi connectivity index (χ1n) is 7.01. The van der Waals surface area contributed by atoms with Crippen molar-refractivity contribution in [2.24, 2.45) is 7.05 Å². The van der Waals surface area contributed by atoms with Crippen LogP contribution in [0, 0.1) is 0 Å². The van der Waals surface area contributed by atoms with Gasteiger partial charge in [-0.05, 0) is 6.42 Å². The first kappa shape index (κ1) is 18.3. The number of hydrogen-bond donors (Lipinski definition) is 3. The van der Waals surface area contributed by atoms with E-state index in [2.05, 4.69) is 15.6 Å². The van der Waals surface area contributed by atoms with E-state index in [4.69, 9.17) is 0 Å². The van der Waals surface area contributed by atoms with E-state index in [1.807, 2.05) is 6.92 Å². The van der Waals surface area contributed by atoms with Crippen LogP contribution in [0.15, 0.2) is 12.4 Å². The molecule has 2 amide bonds. The van der Waals surface area contributed by atoms with E-state index in [1.165, 1.54) is 19.4 Å². The van der Waals surface area contributed by atoms with Crippen LogP contribution in [0.1, 0.15) is 32.0 Å². The van der Waals surface area contributed by atoms with Crippen LogP contribution in [-0.4, -0.2) is 40.0 Å². The summed E-state index contributed by atoms with van der Waals surface area (Å²) in [6.45, 7) is 2.07. The summed E-state index contributed by atoms with van der Waals surface area (Å²) in [6, 6.07) is -0.558. The lowest BCUT2D eigenvalue weighted by atomic mass is 9.97. The number of unbranched alkanes of at least 4 members (excludes halogenated alkanes) is 1. The predicted octanol–water partition coefficient (Wildman–Crippen LogP) is 1.66. The average Bonchev–Trinajstić information content (AvgIpc) is 2.84. The second-order valence-corrected chi connectivity index (χ2v) is 5.01. The number of carbonyl (C=O) groups excluding carboxylic acids is 1. The number of amides is 2. The first-order valence-corrected chi connectivity index (χ1v) is 7.01. The van der Waals surface area contributed by atoms with Crippen LogP contribution >= 0.6 is 0 Å². The van der Waals surface area contributed by atoms with Crippen molar-refractivity contribution in [3.8, 4) is 0 Å². The zero-order valence-corrected chi connectivity index (χ0v) is 12.6. The fourth-order valence-electron chi connectivity index (χ4n) is 1.94. The Morgan fingerprint density at radius 3 is 2.50 bits per heavy atom. The van der Waals surface area contributed by atoms with Crippen molar-refractivity contribution in [3.05, 3.63) is 18.2 Å². The van der Waals surface area contributed by atoms with Gasteiger partial charge in [0.05, 0.1) is 0 Å². The Balaban J connectivity index is 2.65. The van der Waals surface area contributed by atoms with E-state index in [0.717, 1.165) is 17.4 Å². The fraction of sp³-hybridized carbons (Fsp3) is 0.692. The highest BCUT2D eigenvalue weighted by Gasteiger charge is 2.57. The molecule has 1 heterocycles. The molecule has 9 heteroatoms. The lowest BCUT2D eigenvalue weighted by Gasteiger charge is -2.29. The number of aromatic nitrogens is 2. The molecule has 0 bridgehead atoms. The Hall–Kier alpha value is -1.77. The van der Waals surface area contributed by atoms with Gasteiger partial charge >= 0.3 is 12.2 Å². The number of nitrogens with zero attached hydrogens (tertiary/aromatic N) is 2. The molecule has 0 aliphatic carbocycles. The van der Waals surface area contributed by atoms with E-state index in [1.54, 1.807) is 0 Å². The van der Waals surface area contributed by atoms with E-state index in [9.17, 15) is 23.1 Å². The van der Waals surface area contributed by atoms with Gasteiger partial charge in [0.25, 0.3) is 0 Å². The van der Waals surface area contributed by atoms with Crippen molar-refractivity contribution in [1.29, 1.82) is 0 Å². The molecular weight excluding hydrogens is 301 g/mol. The summed E-state index contributed by atoms with van der Waals surface area (Å²) >= 11 is 0. The molecule has 126 valence electrons. The van der Waals surface area contributed by atoms with Crippen LogP contribution in [0.4, 0.5) is 18.0 Å². The largest absolute Gasteiger partial charge is 0.424 e. The summed E-state index contributed by atoms with van der Waals surface area (Å²) in [7, 11) is 1.37. The standard InChI is InChI=1S/C13H21F3N4O2/c1-3-4-6-18-11(21)19-7-5-12(22,13(14,15)16)10-17-8-9-20(10)2/h8-9,22H,3-7H2,1-2H3,(H2,18,19,21). The molecule has 1 rings (SSSR count). The highest BCUT2D eigenvalue weighted by Crippen LogP contribution is 2.40. The van der Waals surface area contributed by atoms with Crippen molar-refractivity contribution in [3.63, 3.8) is 0 Å². The van der Waals surface area contributed by atoms with Crippen molar-refractivity contribution in [1.82, 2.24) is 20.2 Å². The number of hydrogen-bond acceptors (Lipinski definition) is 3. The van der Waals surface area contributed by atoms with E-state index in [0.29, 0.717) is 6.54 Å². The van der Waals surface area contributed by atoms with Crippen LogP contribution in [0.2, 0.25) is 0 Å². The summed E-state index contributed by atoms with van der Waals surface area (Å²) in [5.74, 6) is -0.506. The molecule has 0 fully saturated rings. The molecule has 0 saturated carbocycles. The quantitative estimate of drug-likeness (QED) is 0.668. The topological polar surface area (TPSA) is 79.2 Å². The SMILES string of the molecule is CCCCNC(=O)NCCC(O)(c1nccn1C)C(F)(F)F. The van der Waals surface area contributed by atoms with Crippen molar-refractivity contribution >= 4 is 6.03 Å². The van der Waals surface area contributed by atoms with Gasteiger partial charge in [-0.25, -0.2) is 9.78 Å². The monoisotopic (exact) mass is 322 g/mol. The summed E-state index contributed by atoms with van der Waals surface area (Å²) in [5, 5.41) is 14.9. The molecule has 1 unspecified atom stereocenters. The van der Waals surface area contributed by atoms with Gasteiger partial charge in [-0.2, -0.15) is 13.2 Å². The van der Waals surface area contributed by atoms with Crippen molar-refractivity contribution < 1.29 is 23.1 Å². The minimum Gasteiger partial charge on any atom is -0.374 e. The van der Waals surface area contributed by atoms with Crippen molar-refractivity contribution in [2.75, 3.05) is 13.1 Å². The Labute approximate surface area is 126 Å².